The van der Waals surface area contributed by atoms with E-state index in [-0.39, 0.29) is 5.88 Å². The van der Waals surface area contributed by atoms with E-state index in [0.717, 1.165) is 11.0 Å². The van der Waals surface area contributed by atoms with Crippen molar-refractivity contribution in [3.8, 4) is 5.88 Å². The minimum absolute atomic E-state index is 0.144. The zero-order valence-corrected chi connectivity index (χ0v) is 10.1. The Bertz CT molecular complexity index is 326. The van der Waals surface area contributed by atoms with Crippen molar-refractivity contribution >= 4 is 16.5 Å². The van der Waals surface area contributed by atoms with Crippen molar-refractivity contribution in [2.24, 2.45) is 5.92 Å². The molecule has 0 aromatic carbocycles. The van der Waals surface area contributed by atoms with Crippen LogP contribution in [-0.4, -0.2) is 23.2 Å². The average molecular weight is 226 g/mol. The third kappa shape index (κ3) is 2.43. The fourth-order valence-electron chi connectivity index (χ4n) is 2.33. The second kappa shape index (κ2) is 4.39. The van der Waals surface area contributed by atoms with E-state index in [1.807, 2.05) is 0 Å². The first-order chi connectivity index (χ1) is 7.16. The Morgan fingerprint density at radius 1 is 1.53 bits per heavy atom. The summed E-state index contributed by atoms with van der Waals surface area (Å²) >= 11 is 1.52. The summed E-state index contributed by atoms with van der Waals surface area (Å²) in [4.78, 5) is 6.33. The van der Waals surface area contributed by atoms with Crippen LogP contribution in [-0.2, 0) is 0 Å². The van der Waals surface area contributed by atoms with Gasteiger partial charge >= 0.3 is 0 Å². The maximum absolute atomic E-state index is 9.22. The van der Waals surface area contributed by atoms with Crippen LogP contribution in [0, 0.1) is 5.92 Å². The van der Waals surface area contributed by atoms with Crippen molar-refractivity contribution in [1.82, 2.24) is 4.98 Å². The standard InChI is InChI=1S/C11H18N2OS/c1-8-4-3-5-9(6-8)13(2)11-12-10(14)7-15-11/h7-9,14H,3-6H2,1-2H3. The highest BCUT2D eigenvalue weighted by molar-refractivity contribution is 7.13. The third-order valence-electron chi connectivity index (χ3n) is 3.24. The zero-order chi connectivity index (χ0) is 10.8. The number of aromatic hydroxyl groups is 1. The summed E-state index contributed by atoms with van der Waals surface area (Å²) in [5, 5.41) is 11.9. The maximum atomic E-state index is 9.22. The minimum Gasteiger partial charge on any atom is -0.493 e. The molecule has 0 spiro atoms. The summed E-state index contributed by atoms with van der Waals surface area (Å²) in [6.07, 6.45) is 5.17. The van der Waals surface area contributed by atoms with E-state index in [1.165, 1.54) is 37.0 Å². The molecule has 1 saturated carbocycles. The molecule has 0 saturated heterocycles. The number of aromatic nitrogens is 1. The van der Waals surface area contributed by atoms with Crippen molar-refractivity contribution < 1.29 is 5.11 Å². The molecule has 2 unspecified atom stereocenters. The van der Waals surface area contributed by atoms with Gasteiger partial charge < -0.3 is 10.0 Å². The van der Waals surface area contributed by atoms with E-state index >= 15 is 0 Å². The molecule has 0 radical (unpaired) electrons. The highest BCUT2D eigenvalue weighted by Crippen LogP contribution is 2.31. The van der Waals surface area contributed by atoms with Crippen molar-refractivity contribution in [3.05, 3.63) is 5.38 Å². The molecule has 1 fully saturated rings. The summed E-state index contributed by atoms with van der Waals surface area (Å²) in [6, 6.07) is 0.597. The topological polar surface area (TPSA) is 36.4 Å². The summed E-state index contributed by atoms with van der Waals surface area (Å²) in [7, 11) is 2.08. The average Bonchev–Trinajstić information content (AvgIpc) is 2.64. The van der Waals surface area contributed by atoms with Crippen LogP contribution in [0.4, 0.5) is 5.13 Å². The first kappa shape index (κ1) is 10.7. The van der Waals surface area contributed by atoms with Crippen molar-refractivity contribution in [2.45, 2.75) is 38.6 Å². The first-order valence-corrected chi connectivity index (χ1v) is 6.42. The molecule has 4 heteroatoms. The van der Waals surface area contributed by atoms with Crippen LogP contribution in [0.2, 0.25) is 0 Å². The molecule has 2 atom stereocenters. The van der Waals surface area contributed by atoms with Gasteiger partial charge in [0.25, 0.3) is 0 Å². The molecule has 1 aromatic heterocycles. The number of anilines is 1. The van der Waals surface area contributed by atoms with Gasteiger partial charge in [-0.1, -0.05) is 19.8 Å². The summed E-state index contributed by atoms with van der Waals surface area (Å²) in [5.41, 5.74) is 0. The van der Waals surface area contributed by atoms with Gasteiger partial charge in [-0.3, -0.25) is 0 Å². The fraction of sp³-hybridized carbons (Fsp3) is 0.727. The lowest BCUT2D eigenvalue weighted by atomic mass is 9.86. The van der Waals surface area contributed by atoms with Crippen LogP contribution >= 0.6 is 11.3 Å². The molecule has 0 bridgehead atoms. The monoisotopic (exact) mass is 226 g/mol. The zero-order valence-electron chi connectivity index (χ0n) is 9.31. The second-order valence-electron chi connectivity index (χ2n) is 4.52. The quantitative estimate of drug-likeness (QED) is 0.842. The lowest BCUT2D eigenvalue weighted by Gasteiger charge is -2.33. The predicted molar refractivity (Wildman–Crippen MR) is 63.6 cm³/mol. The molecule has 1 heterocycles. The van der Waals surface area contributed by atoms with E-state index in [1.54, 1.807) is 5.38 Å². The van der Waals surface area contributed by atoms with Gasteiger partial charge in [-0.2, -0.15) is 4.98 Å². The lowest BCUT2D eigenvalue weighted by molar-refractivity contribution is 0.336. The molecule has 1 aliphatic rings. The normalized spacial score (nSPS) is 26.5. The highest BCUT2D eigenvalue weighted by Gasteiger charge is 2.23. The van der Waals surface area contributed by atoms with Crippen LogP contribution in [0.5, 0.6) is 5.88 Å². The molecule has 84 valence electrons. The Balaban J connectivity index is 2.03. The molecule has 0 amide bonds. The summed E-state index contributed by atoms with van der Waals surface area (Å²) in [5.74, 6) is 0.963. The molecule has 1 aliphatic carbocycles. The van der Waals surface area contributed by atoms with Crippen molar-refractivity contribution in [2.75, 3.05) is 11.9 Å². The lowest BCUT2D eigenvalue weighted by Crippen LogP contribution is -2.35. The number of rotatable bonds is 2. The SMILES string of the molecule is CC1CCCC(N(C)c2nc(O)cs2)C1. The van der Waals surface area contributed by atoms with Gasteiger partial charge in [0, 0.05) is 13.1 Å². The Morgan fingerprint density at radius 3 is 2.93 bits per heavy atom. The van der Waals surface area contributed by atoms with Gasteiger partial charge in [0.15, 0.2) is 5.13 Å². The Hall–Kier alpha value is -0.770. The fourth-order valence-corrected chi connectivity index (χ4v) is 3.05. The van der Waals surface area contributed by atoms with E-state index < -0.39 is 0 Å². The third-order valence-corrected chi connectivity index (χ3v) is 4.16. The number of thiazole rings is 1. The van der Waals surface area contributed by atoms with E-state index in [2.05, 4.69) is 23.9 Å². The van der Waals surface area contributed by atoms with Gasteiger partial charge in [0.2, 0.25) is 5.88 Å². The molecule has 3 nitrogen and oxygen atoms in total. The van der Waals surface area contributed by atoms with E-state index in [4.69, 9.17) is 0 Å². The first-order valence-electron chi connectivity index (χ1n) is 5.54. The predicted octanol–water partition coefficient (Wildman–Crippen LogP) is 2.86. The molecule has 2 rings (SSSR count). The van der Waals surface area contributed by atoms with Crippen LogP contribution in [0.3, 0.4) is 0 Å². The summed E-state index contributed by atoms with van der Waals surface area (Å²) in [6.45, 7) is 2.32. The number of nitrogens with zero attached hydrogens (tertiary/aromatic N) is 2. The molecule has 1 N–H and O–H groups in total. The van der Waals surface area contributed by atoms with Crippen LogP contribution in [0.1, 0.15) is 32.6 Å². The van der Waals surface area contributed by atoms with Gasteiger partial charge in [0.05, 0.1) is 5.38 Å². The van der Waals surface area contributed by atoms with Gasteiger partial charge in [-0.15, -0.1) is 11.3 Å². The van der Waals surface area contributed by atoms with Gasteiger partial charge in [-0.25, -0.2) is 0 Å². The van der Waals surface area contributed by atoms with E-state index in [0.29, 0.717) is 6.04 Å². The Kier molecular flexibility index (Phi) is 3.14. The Labute approximate surface area is 94.8 Å². The second-order valence-corrected chi connectivity index (χ2v) is 5.36. The minimum atomic E-state index is 0.144. The molecule has 15 heavy (non-hydrogen) atoms. The molecule has 1 aromatic rings. The highest BCUT2D eigenvalue weighted by atomic mass is 32.1. The Morgan fingerprint density at radius 2 is 2.33 bits per heavy atom. The smallest absolute Gasteiger partial charge is 0.223 e. The number of hydrogen-bond donors (Lipinski definition) is 1. The van der Waals surface area contributed by atoms with Crippen LogP contribution in [0.25, 0.3) is 0 Å². The molecular weight excluding hydrogens is 208 g/mol. The maximum Gasteiger partial charge on any atom is 0.223 e. The van der Waals surface area contributed by atoms with Crippen LogP contribution < -0.4 is 4.90 Å². The van der Waals surface area contributed by atoms with Gasteiger partial charge in [-0.05, 0) is 18.8 Å². The van der Waals surface area contributed by atoms with Crippen molar-refractivity contribution in [3.63, 3.8) is 0 Å². The van der Waals surface area contributed by atoms with Crippen LogP contribution in [0.15, 0.2) is 5.38 Å². The van der Waals surface area contributed by atoms with Crippen molar-refractivity contribution in [1.29, 1.82) is 0 Å². The van der Waals surface area contributed by atoms with E-state index in [9.17, 15) is 5.11 Å². The summed E-state index contributed by atoms with van der Waals surface area (Å²) < 4.78 is 0. The number of hydrogen-bond acceptors (Lipinski definition) is 4. The largest absolute Gasteiger partial charge is 0.493 e. The molecular formula is C11H18N2OS. The van der Waals surface area contributed by atoms with Gasteiger partial charge in [0.1, 0.15) is 0 Å². The molecule has 0 aliphatic heterocycles.